The first-order chi connectivity index (χ1) is 16.1. The van der Waals surface area contributed by atoms with Crippen LogP contribution in [0.25, 0.3) is 0 Å². The summed E-state index contributed by atoms with van der Waals surface area (Å²) in [6, 6.07) is 15.2. The second kappa shape index (κ2) is 11.0. The number of nitrogens with zero attached hydrogens (tertiary/aromatic N) is 3. The van der Waals surface area contributed by atoms with E-state index in [4.69, 9.17) is 0 Å². The van der Waals surface area contributed by atoms with Gasteiger partial charge in [0, 0.05) is 44.8 Å². The van der Waals surface area contributed by atoms with Gasteiger partial charge in [-0.05, 0) is 56.2 Å². The molecule has 2 aromatic rings. The topological polar surface area (TPSA) is 64.1 Å². The maximum absolute atomic E-state index is 13.0. The van der Waals surface area contributed by atoms with Crippen molar-refractivity contribution in [2.24, 2.45) is 0 Å². The zero-order chi connectivity index (χ0) is 25.0. The van der Waals surface area contributed by atoms with E-state index in [-0.39, 0.29) is 17.8 Å². The van der Waals surface area contributed by atoms with Crippen LogP contribution in [0.4, 0.5) is 0 Å². The van der Waals surface area contributed by atoms with E-state index in [1.54, 1.807) is 18.2 Å². The largest absolute Gasteiger partial charge is 0.508 e. The van der Waals surface area contributed by atoms with Crippen LogP contribution < -0.4 is 0 Å². The number of piperazine rings is 1. The van der Waals surface area contributed by atoms with Crippen molar-refractivity contribution in [1.82, 2.24) is 14.1 Å². The Morgan fingerprint density at radius 3 is 2.26 bits per heavy atom. The fourth-order valence-corrected chi connectivity index (χ4v) is 6.41. The molecule has 6 nitrogen and oxygen atoms in total. The van der Waals surface area contributed by atoms with Crippen molar-refractivity contribution < 1.29 is 13.5 Å². The number of sulfonamides is 1. The van der Waals surface area contributed by atoms with Gasteiger partial charge in [0.05, 0.1) is 10.9 Å². The van der Waals surface area contributed by atoms with Crippen molar-refractivity contribution in [3.8, 4) is 5.75 Å². The Morgan fingerprint density at radius 1 is 1.06 bits per heavy atom. The van der Waals surface area contributed by atoms with E-state index in [1.807, 2.05) is 44.2 Å². The second-order valence-electron chi connectivity index (χ2n) is 9.44. The standard InChI is InChI=1S/C27H39N3O3S/c1-7-29(8-2)34(32,33)26-14-12-23(13-15-26)27(24-10-9-11-25(31)16-24)30-19-21(5)28(17-20(3)4)18-22(30)6/h9-16,21-22,27,31H,3,7-8,17-19H2,1-2,4-6H3. The van der Waals surface area contributed by atoms with Crippen LogP contribution >= 0.6 is 0 Å². The molecule has 1 saturated heterocycles. The van der Waals surface area contributed by atoms with E-state index in [2.05, 4.69) is 37.1 Å². The van der Waals surface area contributed by atoms with Crippen LogP contribution in [0.3, 0.4) is 0 Å². The highest BCUT2D eigenvalue weighted by atomic mass is 32.2. The molecule has 1 fully saturated rings. The molecule has 34 heavy (non-hydrogen) atoms. The lowest BCUT2D eigenvalue weighted by Crippen LogP contribution is -2.57. The molecule has 0 aliphatic carbocycles. The van der Waals surface area contributed by atoms with Gasteiger partial charge >= 0.3 is 0 Å². The Morgan fingerprint density at radius 2 is 1.71 bits per heavy atom. The molecule has 186 valence electrons. The Hall–Kier alpha value is -2.19. The number of aromatic hydroxyl groups is 1. The van der Waals surface area contributed by atoms with E-state index in [9.17, 15) is 13.5 Å². The van der Waals surface area contributed by atoms with Gasteiger partial charge in [0.25, 0.3) is 0 Å². The van der Waals surface area contributed by atoms with Crippen molar-refractivity contribution >= 4 is 10.0 Å². The molecule has 3 unspecified atom stereocenters. The number of rotatable bonds is 9. The van der Waals surface area contributed by atoms with Gasteiger partial charge in [0.1, 0.15) is 5.75 Å². The third kappa shape index (κ3) is 5.71. The van der Waals surface area contributed by atoms with Crippen molar-refractivity contribution in [3.63, 3.8) is 0 Å². The van der Waals surface area contributed by atoms with Gasteiger partial charge in [-0.3, -0.25) is 9.80 Å². The monoisotopic (exact) mass is 485 g/mol. The minimum atomic E-state index is -3.51. The Labute approximate surface area is 205 Å². The Balaban J connectivity index is 1.99. The fourth-order valence-electron chi connectivity index (χ4n) is 4.96. The summed E-state index contributed by atoms with van der Waals surface area (Å²) in [6.07, 6.45) is 0. The summed E-state index contributed by atoms with van der Waals surface area (Å²) in [6.45, 7) is 17.8. The van der Waals surface area contributed by atoms with E-state index in [1.165, 1.54) is 4.31 Å². The molecule has 0 bridgehead atoms. The predicted molar refractivity (Wildman–Crippen MR) is 139 cm³/mol. The maximum atomic E-state index is 13.0. The molecule has 0 spiro atoms. The summed E-state index contributed by atoms with van der Waals surface area (Å²) in [5.41, 5.74) is 3.16. The molecule has 2 aromatic carbocycles. The highest BCUT2D eigenvalue weighted by Gasteiger charge is 2.35. The van der Waals surface area contributed by atoms with Crippen LogP contribution in [0.5, 0.6) is 5.75 Å². The number of benzene rings is 2. The highest BCUT2D eigenvalue weighted by molar-refractivity contribution is 7.89. The lowest BCUT2D eigenvalue weighted by Gasteiger charge is -2.47. The van der Waals surface area contributed by atoms with Crippen molar-refractivity contribution in [2.45, 2.75) is 57.6 Å². The van der Waals surface area contributed by atoms with Gasteiger partial charge in [0.15, 0.2) is 0 Å². The highest BCUT2D eigenvalue weighted by Crippen LogP contribution is 2.35. The molecule has 0 radical (unpaired) electrons. The summed E-state index contributed by atoms with van der Waals surface area (Å²) in [5.74, 6) is 0.227. The summed E-state index contributed by atoms with van der Waals surface area (Å²) < 4.78 is 27.4. The van der Waals surface area contributed by atoms with Crippen LogP contribution in [0.15, 0.2) is 65.6 Å². The first-order valence-corrected chi connectivity index (χ1v) is 13.6. The molecule has 7 heteroatoms. The van der Waals surface area contributed by atoms with E-state index in [0.717, 1.165) is 36.3 Å². The van der Waals surface area contributed by atoms with Gasteiger partial charge in [0.2, 0.25) is 10.0 Å². The molecule has 3 atom stereocenters. The Bertz CT molecular complexity index is 1080. The molecule has 1 aliphatic heterocycles. The van der Waals surface area contributed by atoms with Crippen molar-refractivity contribution in [1.29, 1.82) is 0 Å². The predicted octanol–water partition coefficient (Wildman–Crippen LogP) is 4.48. The van der Waals surface area contributed by atoms with Crippen molar-refractivity contribution in [2.75, 3.05) is 32.7 Å². The van der Waals surface area contributed by atoms with Crippen molar-refractivity contribution in [3.05, 3.63) is 71.8 Å². The minimum Gasteiger partial charge on any atom is -0.508 e. The maximum Gasteiger partial charge on any atom is 0.243 e. The van der Waals surface area contributed by atoms with Crippen LogP contribution in [-0.2, 0) is 10.0 Å². The normalized spacial score (nSPS) is 21.0. The average molecular weight is 486 g/mol. The second-order valence-corrected chi connectivity index (χ2v) is 11.4. The molecule has 1 aliphatic rings. The lowest BCUT2D eigenvalue weighted by molar-refractivity contribution is 0.0292. The smallest absolute Gasteiger partial charge is 0.243 e. The van der Waals surface area contributed by atoms with Gasteiger partial charge in [-0.2, -0.15) is 4.31 Å². The molecule has 1 heterocycles. The van der Waals surface area contributed by atoms with E-state index in [0.29, 0.717) is 24.0 Å². The minimum absolute atomic E-state index is 0.0956. The quantitative estimate of drug-likeness (QED) is 0.531. The molecule has 1 N–H and O–H groups in total. The molecule has 0 saturated carbocycles. The summed E-state index contributed by atoms with van der Waals surface area (Å²) in [5, 5.41) is 10.2. The van der Waals surface area contributed by atoms with E-state index >= 15 is 0 Å². The number of phenols is 1. The molecule has 3 rings (SSSR count). The number of hydrogen-bond donors (Lipinski definition) is 1. The van der Waals surface area contributed by atoms with Gasteiger partial charge in [-0.1, -0.05) is 50.3 Å². The van der Waals surface area contributed by atoms with Crippen LogP contribution in [0.2, 0.25) is 0 Å². The third-order valence-electron chi connectivity index (χ3n) is 6.69. The summed E-state index contributed by atoms with van der Waals surface area (Å²) in [4.78, 5) is 5.23. The first kappa shape index (κ1) is 26.4. The van der Waals surface area contributed by atoms with Gasteiger partial charge < -0.3 is 5.11 Å². The first-order valence-electron chi connectivity index (χ1n) is 12.1. The molecule has 0 aromatic heterocycles. The number of phenolic OH excluding ortho intramolecular Hbond substituents is 1. The van der Waals surface area contributed by atoms with Crippen LogP contribution in [-0.4, -0.2) is 72.4 Å². The van der Waals surface area contributed by atoms with Crippen LogP contribution in [0, 0.1) is 0 Å². The van der Waals surface area contributed by atoms with Gasteiger partial charge in [-0.15, -0.1) is 0 Å². The third-order valence-corrected chi connectivity index (χ3v) is 8.76. The average Bonchev–Trinajstić information content (AvgIpc) is 2.78. The fraction of sp³-hybridized carbons (Fsp3) is 0.481. The number of hydrogen-bond acceptors (Lipinski definition) is 5. The van der Waals surface area contributed by atoms with E-state index < -0.39 is 10.0 Å². The zero-order valence-electron chi connectivity index (χ0n) is 21.1. The lowest BCUT2D eigenvalue weighted by atomic mass is 9.93. The summed E-state index contributed by atoms with van der Waals surface area (Å²) in [7, 11) is -3.51. The molecular formula is C27H39N3O3S. The molecule has 0 amide bonds. The zero-order valence-corrected chi connectivity index (χ0v) is 21.9. The summed E-state index contributed by atoms with van der Waals surface area (Å²) >= 11 is 0. The van der Waals surface area contributed by atoms with Crippen LogP contribution in [0.1, 0.15) is 51.8 Å². The Kier molecular flexibility index (Phi) is 8.57. The molecular weight excluding hydrogens is 446 g/mol. The SMILES string of the molecule is C=C(C)CN1CC(C)N(C(c2ccc(S(=O)(=O)N(CC)CC)cc2)c2cccc(O)c2)CC1C. The van der Waals surface area contributed by atoms with Gasteiger partial charge in [-0.25, -0.2) is 8.42 Å².